The molecule has 11 heteroatoms. The molecule has 0 saturated heterocycles. The highest BCUT2D eigenvalue weighted by atomic mass is 16.6. The van der Waals surface area contributed by atoms with Crippen molar-refractivity contribution in [1.29, 1.82) is 0 Å². The van der Waals surface area contributed by atoms with Crippen LogP contribution in [0.2, 0.25) is 0 Å². The molecule has 0 spiro atoms. The second-order valence-electron chi connectivity index (χ2n) is 10.0. The summed E-state index contributed by atoms with van der Waals surface area (Å²) in [7, 11) is 1.02. The maximum atomic E-state index is 13.5. The first-order valence-corrected chi connectivity index (χ1v) is 10.4. The van der Waals surface area contributed by atoms with Gasteiger partial charge in [-0.2, -0.15) is 4.90 Å². The Bertz CT molecular complexity index is 840. The van der Waals surface area contributed by atoms with Crippen molar-refractivity contribution in [2.24, 2.45) is 0 Å². The molecule has 0 heterocycles. The van der Waals surface area contributed by atoms with Crippen LogP contribution in [-0.2, 0) is 28.5 Å². The number of hydrogen-bond acceptors (Lipinski definition) is 9. The Hall–Kier alpha value is -3.37. The maximum Gasteiger partial charge on any atom is 0.424 e. The number of imide groups is 2. The molecule has 11 nitrogen and oxygen atoms in total. The minimum atomic E-state index is -1.28. The molecule has 34 heavy (non-hydrogen) atoms. The molecule has 0 aromatic carbocycles. The zero-order valence-electron chi connectivity index (χ0n) is 21.9. The number of methoxy groups -OCH3 is 1. The summed E-state index contributed by atoms with van der Waals surface area (Å²) in [5, 5.41) is 0. The molecule has 0 atom stereocenters. The van der Waals surface area contributed by atoms with E-state index >= 15 is 0 Å². The first-order valence-electron chi connectivity index (χ1n) is 10.4. The number of hydrogen-bond donors (Lipinski definition) is 0. The molecule has 0 unspecified atom stereocenters. The summed E-state index contributed by atoms with van der Waals surface area (Å²) in [5.41, 5.74) is -4.48. The van der Waals surface area contributed by atoms with Crippen molar-refractivity contribution in [2.45, 2.75) is 86.0 Å². The molecule has 0 aromatic rings. The quantitative estimate of drug-likeness (QED) is 0.321. The third-order valence-electron chi connectivity index (χ3n) is 3.36. The van der Waals surface area contributed by atoms with E-state index in [4.69, 9.17) is 14.2 Å². The summed E-state index contributed by atoms with van der Waals surface area (Å²) >= 11 is 0. The number of ether oxygens (including phenoxy) is 4. The van der Waals surface area contributed by atoms with Crippen molar-refractivity contribution >= 4 is 30.2 Å². The first kappa shape index (κ1) is 30.6. The monoisotopic (exact) mass is 484 g/mol. The molecule has 0 aliphatic rings. The summed E-state index contributed by atoms with van der Waals surface area (Å²) in [4.78, 5) is 64.9. The van der Waals surface area contributed by atoms with Crippen LogP contribution < -0.4 is 0 Å². The van der Waals surface area contributed by atoms with Crippen molar-refractivity contribution in [1.82, 2.24) is 9.80 Å². The Kier molecular flexibility index (Phi) is 10.1. The van der Waals surface area contributed by atoms with E-state index in [1.54, 1.807) is 62.3 Å². The van der Waals surface area contributed by atoms with Crippen LogP contribution >= 0.6 is 0 Å². The van der Waals surface area contributed by atoms with E-state index in [9.17, 15) is 24.0 Å². The fourth-order valence-electron chi connectivity index (χ4n) is 2.18. The van der Waals surface area contributed by atoms with E-state index in [1.165, 1.54) is 6.92 Å². The molecule has 0 radical (unpaired) electrons. The van der Waals surface area contributed by atoms with Crippen LogP contribution in [0.15, 0.2) is 24.0 Å². The van der Waals surface area contributed by atoms with Crippen LogP contribution in [0.1, 0.15) is 69.2 Å². The van der Waals surface area contributed by atoms with Crippen LogP contribution in [0.3, 0.4) is 0 Å². The highest BCUT2D eigenvalue weighted by Gasteiger charge is 2.42. The van der Waals surface area contributed by atoms with E-state index in [0.717, 1.165) is 13.2 Å². The van der Waals surface area contributed by atoms with E-state index in [1.807, 2.05) is 0 Å². The number of carbonyl (C=O) groups is 5. The highest BCUT2D eigenvalue weighted by Crippen LogP contribution is 2.23. The van der Waals surface area contributed by atoms with Crippen LogP contribution in [-0.4, -0.2) is 63.9 Å². The lowest BCUT2D eigenvalue weighted by molar-refractivity contribution is -0.141. The van der Waals surface area contributed by atoms with Crippen molar-refractivity contribution in [3.63, 3.8) is 0 Å². The Morgan fingerprint density at radius 2 is 1.00 bits per heavy atom. The van der Waals surface area contributed by atoms with E-state index in [-0.39, 0.29) is 4.90 Å². The molecule has 0 fully saturated rings. The second-order valence-corrected chi connectivity index (χ2v) is 10.0. The summed E-state index contributed by atoms with van der Waals surface area (Å²) in [6.45, 7) is 18.7. The van der Waals surface area contributed by atoms with E-state index < -0.39 is 58.4 Å². The van der Waals surface area contributed by atoms with Gasteiger partial charge in [0.05, 0.1) is 7.11 Å². The molecule has 192 valence electrons. The average molecular weight is 485 g/mol. The average Bonchev–Trinajstić information content (AvgIpc) is 2.60. The lowest BCUT2D eigenvalue weighted by atomic mass is 10.2. The van der Waals surface area contributed by atoms with Crippen molar-refractivity contribution in [3.8, 4) is 0 Å². The number of carbonyl (C=O) groups excluding carboxylic acids is 5. The topological polar surface area (TPSA) is 129 Å². The smallest absolute Gasteiger partial charge is 0.424 e. The summed E-state index contributed by atoms with van der Waals surface area (Å²) < 4.78 is 20.3. The zero-order chi connectivity index (χ0) is 27.2. The molecular weight excluding hydrogens is 448 g/mol. The first-order chi connectivity index (χ1) is 15.1. The van der Waals surface area contributed by atoms with Gasteiger partial charge in [0.25, 0.3) is 5.91 Å². The predicted octanol–water partition coefficient (Wildman–Crippen LogP) is 4.51. The maximum absolute atomic E-state index is 13.5. The predicted molar refractivity (Wildman–Crippen MR) is 122 cm³/mol. The molecular formula is C23H36N2O9. The Morgan fingerprint density at radius 3 is 1.26 bits per heavy atom. The lowest BCUT2D eigenvalue weighted by Gasteiger charge is -2.31. The van der Waals surface area contributed by atoms with Gasteiger partial charge in [-0.3, -0.25) is 4.79 Å². The summed E-state index contributed by atoms with van der Waals surface area (Å²) in [6.07, 6.45) is -2.68. The van der Waals surface area contributed by atoms with Gasteiger partial charge in [0, 0.05) is 0 Å². The molecule has 0 aliphatic heterocycles. The SMILES string of the molecule is C=C(C(=O)OC)N(C(=O)OC(C)(C)C)C(=O)/C(=C\C)N(C(=O)OC(C)(C)C)C(=O)OC(C)(C)C. The van der Waals surface area contributed by atoms with Gasteiger partial charge in [0.1, 0.15) is 28.2 Å². The van der Waals surface area contributed by atoms with Crippen LogP contribution in [0.5, 0.6) is 0 Å². The van der Waals surface area contributed by atoms with Crippen LogP contribution in [0.4, 0.5) is 14.4 Å². The number of amides is 4. The number of nitrogens with zero attached hydrogens (tertiary/aromatic N) is 2. The van der Waals surface area contributed by atoms with Crippen molar-refractivity contribution in [3.05, 3.63) is 24.0 Å². The van der Waals surface area contributed by atoms with Crippen LogP contribution in [0.25, 0.3) is 0 Å². The van der Waals surface area contributed by atoms with Gasteiger partial charge in [0.15, 0.2) is 0 Å². The molecule has 0 bridgehead atoms. The highest BCUT2D eigenvalue weighted by molar-refractivity contribution is 6.12. The van der Waals surface area contributed by atoms with Crippen molar-refractivity contribution < 1.29 is 42.9 Å². The minimum absolute atomic E-state index is 0.272. The third-order valence-corrected chi connectivity index (χ3v) is 3.36. The standard InChI is InChI=1S/C23H36N2O9/c1-13-15(25(19(29)33-22(6,7)8)20(30)34-23(9,10)11)16(26)24(14(2)17(27)31-12)18(28)32-21(3,4)5/h13H,2H2,1,3-12H3/b15-13+. The van der Waals surface area contributed by atoms with Gasteiger partial charge in [-0.1, -0.05) is 12.7 Å². The van der Waals surface area contributed by atoms with Crippen molar-refractivity contribution in [2.75, 3.05) is 7.11 Å². The van der Waals surface area contributed by atoms with Gasteiger partial charge in [-0.05, 0) is 69.2 Å². The van der Waals surface area contributed by atoms with E-state index in [2.05, 4.69) is 11.3 Å². The second kappa shape index (κ2) is 11.2. The summed E-state index contributed by atoms with van der Waals surface area (Å²) in [5.74, 6) is -2.39. The molecule has 0 aliphatic carbocycles. The van der Waals surface area contributed by atoms with Gasteiger partial charge < -0.3 is 18.9 Å². The number of esters is 1. The Balaban J connectivity index is 6.66. The largest absolute Gasteiger partial charge is 0.464 e. The fourth-order valence-corrected chi connectivity index (χ4v) is 2.18. The molecule has 0 aromatic heterocycles. The minimum Gasteiger partial charge on any atom is -0.464 e. The Labute approximate surface area is 200 Å². The van der Waals surface area contributed by atoms with E-state index in [0.29, 0.717) is 4.90 Å². The Morgan fingerprint density at radius 1 is 0.676 bits per heavy atom. The summed E-state index contributed by atoms with van der Waals surface area (Å²) in [6, 6.07) is 0. The van der Waals surface area contributed by atoms with Crippen LogP contribution in [0, 0.1) is 0 Å². The van der Waals surface area contributed by atoms with Gasteiger partial charge in [-0.25, -0.2) is 24.1 Å². The van der Waals surface area contributed by atoms with Gasteiger partial charge in [-0.15, -0.1) is 0 Å². The molecule has 0 saturated carbocycles. The van der Waals surface area contributed by atoms with Gasteiger partial charge >= 0.3 is 24.2 Å². The third kappa shape index (κ3) is 9.63. The zero-order valence-corrected chi connectivity index (χ0v) is 21.9. The number of rotatable bonds is 4. The molecule has 0 rings (SSSR count). The normalized spacial score (nSPS) is 12.3. The van der Waals surface area contributed by atoms with Gasteiger partial charge in [0.2, 0.25) is 0 Å². The number of allylic oxidation sites excluding steroid dienone is 1. The molecule has 0 N–H and O–H groups in total. The lowest BCUT2D eigenvalue weighted by Crippen LogP contribution is -2.49. The fraction of sp³-hybridized carbons (Fsp3) is 0.609. The molecule has 4 amide bonds.